The minimum atomic E-state index is -0.849. The Morgan fingerprint density at radius 3 is 2.22 bits per heavy atom. The Bertz CT molecular complexity index is 1280. The number of nitrogens with one attached hydrogen (secondary N) is 3. The monoisotopic (exact) mass is 527 g/mol. The van der Waals surface area contributed by atoms with Gasteiger partial charge in [0, 0.05) is 15.5 Å². The summed E-state index contributed by atoms with van der Waals surface area (Å²) in [7, 11) is 1.55. The molecule has 36 heavy (non-hydrogen) atoms. The van der Waals surface area contributed by atoms with Crippen LogP contribution in [0.15, 0.2) is 54.6 Å². The van der Waals surface area contributed by atoms with E-state index in [1.165, 1.54) is 11.3 Å². The van der Waals surface area contributed by atoms with Crippen molar-refractivity contribution in [1.82, 2.24) is 10.6 Å². The van der Waals surface area contributed by atoms with Crippen molar-refractivity contribution in [2.24, 2.45) is 0 Å². The van der Waals surface area contributed by atoms with Crippen molar-refractivity contribution >= 4 is 46.7 Å². The number of methoxy groups -OCH3 is 1. The molecule has 0 aliphatic rings. The molecule has 0 aliphatic carbocycles. The first-order valence-electron chi connectivity index (χ1n) is 10.9. The standard InChI is InChI=1S/C26H26ClN3O5S/c1-26(2,3)35-25(33)30-24(28)29-21(31)14-17-13-20(22(32)15-7-11-19(34-4)12-8-15)36-23(17)16-5-9-18(27)10-6-16/h5-13H,14H2,1-4H3,(H3,28,29,30,31,33). The Balaban J connectivity index is 1.81. The molecule has 10 heteroatoms. The largest absolute Gasteiger partial charge is 0.497 e. The van der Waals surface area contributed by atoms with Gasteiger partial charge in [-0.25, -0.2) is 4.79 Å². The first-order chi connectivity index (χ1) is 16.9. The van der Waals surface area contributed by atoms with Crippen LogP contribution in [0.2, 0.25) is 5.02 Å². The Labute approximate surface area is 218 Å². The molecule has 3 aromatic rings. The van der Waals surface area contributed by atoms with E-state index in [0.29, 0.717) is 26.8 Å². The zero-order chi connectivity index (χ0) is 26.5. The third kappa shape index (κ3) is 7.40. The number of carbonyl (C=O) groups excluding carboxylic acids is 3. The third-order valence-electron chi connectivity index (χ3n) is 4.73. The summed E-state index contributed by atoms with van der Waals surface area (Å²) in [5, 5.41) is 12.9. The Hall–Kier alpha value is -3.69. The van der Waals surface area contributed by atoms with Crippen LogP contribution in [-0.4, -0.2) is 36.5 Å². The van der Waals surface area contributed by atoms with E-state index in [1.807, 2.05) is 12.1 Å². The quantitative estimate of drug-likeness (QED) is 0.224. The fraction of sp³-hybridized carbons (Fsp3) is 0.231. The summed E-state index contributed by atoms with van der Waals surface area (Å²) in [6, 6.07) is 15.5. The maximum atomic E-state index is 13.1. The highest BCUT2D eigenvalue weighted by Crippen LogP contribution is 2.35. The molecule has 2 aromatic carbocycles. The lowest BCUT2D eigenvalue weighted by molar-refractivity contribution is -0.119. The van der Waals surface area contributed by atoms with Gasteiger partial charge in [-0.3, -0.25) is 25.6 Å². The van der Waals surface area contributed by atoms with E-state index in [2.05, 4.69) is 10.6 Å². The van der Waals surface area contributed by atoms with E-state index in [-0.39, 0.29) is 12.2 Å². The van der Waals surface area contributed by atoms with Crippen LogP contribution >= 0.6 is 22.9 Å². The summed E-state index contributed by atoms with van der Waals surface area (Å²) in [6.45, 7) is 5.07. The molecule has 0 radical (unpaired) electrons. The topological polar surface area (TPSA) is 118 Å². The predicted molar refractivity (Wildman–Crippen MR) is 140 cm³/mol. The first kappa shape index (κ1) is 26.9. The highest BCUT2D eigenvalue weighted by atomic mass is 35.5. The van der Waals surface area contributed by atoms with Gasteiger partial charge >= 0.3 is 6.09 Å². The highest BCUT2D eigenvalue weighted by molar-refractivity contribution is 7.17. The number of benzene rings is 2. The maximum absolute atomic E-state index is 13.1. The molecule has 2 amide bonds. The van der Waals surface area contributed by atoms with E-state index in [4.69, 9.17) is 26.5 Å². The van der Waals surface area contributed by atoms with Gasteiger partial charge < -0.3 is 9.47 Å². The minimum Gasteiger partial charge on any atom is -0.497 e. The average molecular weight is 528 g/mol. The molecule has 0 fully saturated rings. The van der Waals surface area contributed by atoms with Gasteiger partial charge in [0.15, 0.2) is 0 Å². The minimum absolute atomic E-state index is 0.122. The molecule has 0 saturated carbocycles. The Kier molecular flexibility index (Phi) is 8.49. The summed E-state index contributed by atoms with van der Waals surface area (Å²) in [4.78, 5) is 38.9. The van der Waals surface area contributed by atoms with Gasteiger partial charge in [-0.15, -0.1) is 11.3 Å². The van der Waals surface area contributed by atoms with Crippen molar-refractivity contribution in [2.45, 2.75) is 32.8 Å². The van der Waals surface area contributed by atoms with E-state index >= 15 is 0 Å². The van der Waals surface area contributed by atoms with E-state index < -0.39 is 23.6 Å². The maximum Gasteiger partial charge on any atom is 0.414 e. The summed E-state index contributed by atoms with van der Waals surface area (Å²) < 4.78 is 10.2. The first-order valence-corrected chi connectivity index (χ1v) is 12.1. The summed E-state index contributed by atoms with van der Waals surface area (Å²) in [5.74, 6) is -0.595. The Morgan fingerprint density at radius 2 is 1.64 bits per heavy atom. The van der Waals surface area contributed by atoms with Crippen LogP contribution in [-0.2, 0) is 16.0 Å². The number of halogens is 1. The van der Waals surface area contributed by atoms with E-state index in [9.17, 15) is 14.4 Å². The number of hydrogen-bond donors (Lipinski definition) is 3. The summed E-state index contributed by atoms with van der Waals surface area (Å²) >= 11 is 7.29. The van der Waals surface area contributed by atoms with Crippen LogP contribution in [0.1, 0.15) is 41.6 Å². The number of amides is 2. The van der Waals surface area contributed by atoms with Crippen molar-refractivity contribution in [3.8, 4) is 16.2 Å². The van der Waals surface area contributed by atoms with Crippen molar-refractivity contribution in [3.63, 3.8) is 0 Å². The number of ether oxygens (including phenoxy) is 2. The van der Waals surface area contributed by atoms with E-state index in [1.54, 1.807) is 70.3 Å². The SMILES string of the molecule is COc1ccc(C(=O)c2cc(CC(=O)NC(=N)NC(=O)OC(C)(C)C)c(-c3ccc(Cl)cc3)s2)cc1. The van der Waals surface area contributed by atoms with Crippen LogP contribution in [0.25, 0.3) is 10.4 Å². The average Bonchev–Trinajstić information content (AvgIpc) is 3.21. The number of ketones is 1. The molecule has 3 N–H and O–H groups in total. The predicted octanol–water partition coefficient (Wildman–Crippen LogP) is 5.43. The normalized spacial score (nSPS) is 10.9. The highest BCUT2D eigenvalue weighted by Gasteiger charge is 2.21. The van der Waals surface area contributed by atoms with Crippen molar-refractivity contribution in [3.05, 3.63) is 75.6 Å². The number of hydrogen-bond acceptors (Lipinski definition) is 7. The number of carbonyl (C=O) groups is 3. The van der Waals surface area contributed by atoms with Gasteiger partial charge in [-0.05, 0) is 74.4 Å². The van der Waals surface area contributed by atoms with Crippen molar-refractivity contribution in [2.75, 3.05) is 7.11 Å². The summed E-state index contributed by atoms with van der Waals surface area (Å²) in [6.07, 6.45) is -0.972. The molecule has 1 aromatic heterocycles. The van der Waals surface area contributed by atoms with Gasteiger partial charge in [-0.1, -0.05) is 23.7 Å². The molecule has 3 rings (SSSR count). The van der Waals surface area contributed by atoms with Gasteiger partial charge in [0.05, 0.1) is 18.4 Å². The van der Waals surface area contributed by atoms with Gasteiger partial charge in [0.2, 0.25) is 17.6 Å². The number of rotatable bonds is 6. The smallest absolute Gasteiger partial charge is 0.414 e. The number of guanidine groups is 1. The molecule has 1 heterocycles. The molecule has 0 bridgehead atoms. The Morgan fingerprint density at radius 1 is 1.00 bits per heavy atom. The van der Waals surface area contributed by atoms with Gasteiger partial charge in [0.1, 0.15) is 11.4 Å². The van der Waals surface area contributed by atoms with Crippen molar-refractivity contribution in [1.29, 1.82) is 5.41 Å². The van der Waals surface area contributed by atoms with E-state index in [0.717, 1.165) is 10.4 Å². The second kappa shape index (κ2) is 11.4. The molecule has 0 spiro atoms. The summed E-state index contributed by atoms with van der Waals surface area (Å²) in [5.41, 5.74) is 1.13. The molecule has 0 unspecified atom stereocenters. The van der Waals surface area contributed by atoms with Crippen molar-refractivity contribution < 1.29 is 23.9 Å². The molecular formula is C26H26ClN3O5S. The lowest BCUT2D eigenvalue weighted by Crippen LogP contribution is -2.45. The molecule has 0 aliphatic heterocycles. The van der Waals surface area contributed by atoms with Crippen LogP contribution < -0.4 is 15.4 Å². The van der Waals surface area contributed by atoms with Crippen LogP contribution in [0, 0.1) is 5.41 Å². The lowest BCUT2D eigenvalue weighted by Gasteiger charge is -2.19. The van der Waals surface area contributed by atoms with Crippen LogP contribution in [0.3, 0.4) is 0 Å². The fourth-order valence-corrected chi connectivity index (χ4v) is 4.47. The molecule has 0 atom stereocenters. The number of thiophene rings is 1. The number of alkyl carbamates (subject to hydrolysis) is 1. The third-order valence-corrected chi connectivity index (χ3v) is 6.21. The van der Waals surface area contributed by atoms with Crippen LogP contribution in [0.5, 0.6) is 5.75 Å². The second-order valence-corrected chi connectivity index (χ2v) is 10.2. The zero-order valence-electron chi connectivity index (χ0n) is 20.2. The van der Waals surface area contributed by atoms with Crippen LogP contribution in [0.4, 0.5) is 4.79 Å². The second-order valence-electron chi connectivity index (χ2n) is 8.76. The molecule has 188 valence electrons. The van der Waals surface area contributed by atoms with Gasteiger partial charge in [0.25, 0.3) is 0 Å². The molecule has 0 saturated heterocycles. The lowest BCUT2D eigenvalue weighted by atomic mass is 10.0. The molecule has 8 nitrogen and oxygen atoms in total. The molecular weight excluding hydrogens is 502 g/mol. The fourth-order valence-electron chi connectivity index (χ4n) is 3.20. The van der Waals surface area contributed by atoms with Gasteiger partial charge in [-0.2, -0.15) is 0 Å². The zero-order valence-corrected chi connectivity index (χ0v) is 21.8.